The van der Waals surface area contributed by atoms with Crippen LogP contribution in [-0.4, -0.2) is 36.8 Å². The number of piperidine rings is 1. The first-order valence-electron chi connectivity index (χ1n) is 6.74. The average molecular weight is 247 g/mol. The normalized spacial score (nSPS) is 30.9. The van der Waals surface area contributed by atoms with E-state index < -0.39 is 0 Å². The molecule has 1 aromatic rings. The third-order valence-corrected chi connectivity index (χ3v) is 4.58. The van der Waals surface area contributed by atoms with Gasteiger partial charge in [0.2, 0.25) is 0 Å². The van der Waals surface area contributed by atoms with E-state index in [0.717, 1.165) is 38.4 Å². The molecule has 0 saturated carbocycles. The van der Waals surface area contributed by atoms with Gasteiger partial charge in [0.1, 0.15) is 5.82 Å². The van der Waals surface area contributed by atoms with E-state index in [-0.39, 0.29) is 17.6 Å². The minimum Gasteiger partial charge on any atom is -0.376 e. The Labute approximate surface area is 108 Å². The maximum absolute atomic E-state index is 6.31. The van der Waals surface area contributed by atoms with Crippen LogP contribution in [0.4, 0.5) is 5.82 Å². The molecule has 2 N–H and O–H groups in total. The summed E-state index contributed by atoms with van der Waals surface area (Å²) < 4.78 is 5.74. The fraction of sp³-hybridized carbons (Fsp3) is 0.643. The summed E-state index contributed by atoms with van der Waals surface area (Å²) in [7, 11) is 0. The van der Waals surface area contributed by atoms with Gasteiger partial charge >= 0.3 is 0 Å². The van der Waals surface area contributed by atoms with Crippen molar-refractivity contribution in [3.05, 3.63) is 24.4 Å². The van der Waals surface area contributed by atoms with E-state index in [2.05, 4.69) is 22.9 Å². The summed E-state index contributed by atoms with van der Waals surface area (Å²) in [5.41, 5.74) is 6.51. The van der Waals surface area contributed by atoms with E-state index in [1.807, 2.05) is 18.3 Å². The van der Waals surface area contributed by atoms with Crippen molar-refractivity contribution in [2.45, 2.75) is 31.9 Å². The third kappa shape index (κ3) is 1.89. The molecule has 3 heterocycles. The Bertz CT molecular complexity index is 401. The summed E-state index contributed by atoms with van der Waals surface area (Å²) in [6.07, 6.45) is 4.27. The zero-order valence-corrected chi connectivity index (χ0v) is 10.9. The lowest BCUT2D eigenvalue weighted by Crippen LogP contribution is -2.50. The minimum atomic E-state index is 0.184. The van der Waals surface area contributed by atoms with Crippen molar-refractivity contribution in [2.75, 3.05) is 24.6 Å². The number of rotatable bonds is 1. The number of ether oxygens (including phenoxy) is 1. The lowest BCUT2D eigenvalue weighted by Gasteiger charge is -2.41. The first kappa shape index (κ1) is 11.9. The number of pyridine rings is 1. The second-order valence-electron chi connectivity index (χ2n) is 5.58. The summed E-state index contributed by atoms with van der Waals surface area (Å²) in [6.45, 7) is 4.97. The van der Waals surface area contributed by atoms with Crippen LogP contribution in [0.15, 0.2) is 24.4 Å². The van der Waals surface area contributed by atoms with Crippen LogP contribution in [0.2, 0.25) is 0 Å². The van der Waals surface area contributed by atoms with Gasteiger partial charge in [-0.2, -0.15) is 0 Å². The second kappa shape index (κ2) is 4.52. The Morgan fingerprint density at radius 1 is 1.39 bits per heavy atom. The standard InChI is InChI=1S/C14H21N3O/c1-11-13(15)14(10-18-11)5-8-17(9-6-14)12-4-2-3-7-16-12/h2-4,7,11,13H,5-6,8-10,15H2,1H3/t11-,13+/m0/s1. The lowest BCUT2D eigenvalue weighted by molar-refractivity contribution is 0.0974. The van der Waals surface area contributed by atoms with E-state index in [4.69, 9.17) is 10.5 Å². The Balaban J connectivity index is 1.69. The van der Waals surface area contributed by atoms with E-state index >= 15 is 0 Å². The highest BCUT2D eigenvalue weighted by atomic mass is 16.5. The van der Waals surface area contributed by atoms with Crippen LogP contribution in [0.3, 0.4) is 0 Å². The predicted molar refractivity (Wildman–Crippen MR) is 71.5 cm³/mol. The van der Waals surface area contributed by atoms with Gasteiger partial charge in [0.25, 0.3) is 0 Å². The maximum Gasteiger partial charge on any atom is 0.128 e. The molecule has 1 aromatic heterocycles. The summed E-state index contributed by atoms with van der Waals surface area (Å²) in [6, 6.07) is 6.26. The molecule has 18 heavy (non-hydrogen) atoms. The molecule has 0 unspecified atom stereocenters. The topological polar surface area (TPSA) is 51.4 Å². The molecule has 2 fully saturated rings. The molecule has 4 heteroatoms. The molecule has 2 aliphatic heterocycles. The van der Waals surface area contributed by atoms with E-state index in [1.54, 1.807) is 0 Å². The monoisotopic (exact) mass is 247 g/mol. The van der Waals surface area contributed by atoms with Gasteiger partial charge in [-0.05, 0) is 31.9 Å². The smallest absolute Gasteiger partial charge is 0.128 e. The molecule has 2 aliphatic rings. The first-order chi connectivity index (χ1) is 8.71. The molecule has 2 saturated heterocycles. The van der Waals surface area contributed by atoms with Crippen molar-refractivity contribution in [3.63, 3.8) is 0 Å². The number of nitrogens with zero attached hydrogens (tertiary/aromatic N) is 2. The molecular formula is C14H21N3O. The number of hydrogen-bond donors (Lipinski definition) is 1. The zero-order chi connectivity index (χ0) is 12.6. The van der Waals surface area contributed by atoms with Crippen LogP contribution in [0, 0.1) is 5.41 Å². The van der Waals surface area contributed by atoms with Crippen LogP contribution in [-0.2, 0) is 4.74 Å². The maximum atomic E-state index is 6.31. The number of hydrogen-bond acceptors (Lipinski definition) is 4. The van der Waals surface area contributed by atoms with E-state index in [1.165, 1.54) is 0 Å². The third-order valence-electron chi connectivity index (χ3n) is 4.58. The quantitative estimate of drug-likeness (QED) is 0.815. The van der Waals surface area contributed by atoms with Crippen LogP contribution >= 0.6 is 0 Å². The Kier molecular flexibility index (Phi) is 2.99. The summed E-state index contributed by atoms with van der Waals surface area (Å²) in [4.78, 5) is 6.76. The highest BCUT2D eigenvalue weighted by Crippen LogP contribution is 2.41. The molecule has 2 atom stereocenters. The van der Waals surface area contributed by atoms with Gasteiger partial charge < -0.3 is 15.4 Å². The van der Waals surface area contributed by atoms with Crippen LogP contribution in [0.5, 0.6) is 0 Å². The van der Waals surface area contributed by atoms with Gasteiger partial charge in [-0.1, -0.05) is 6.07 Å². The van der Waals surface area contributed by atoms with Crippen molar-refractivity contribution < 1.29 is 4.74 Å². The Hall–Kier alpha value is -1.13. The number of aromatic nitrogens is 1. The fourth-order valence-corrected chi connectivity index (χ4v) is 3.19. The average Bonchev–Trinajstić information content (AvgIpc) is 2.70. The molecule has 0 amide bonds. The van der Waals surface area contributed by atoms with Crippen LogP contribution in [0.25, 0.3) is 0 Å². The van der Waals surface area contributed by atoms with Crippen molar-refractivity contribution >= 4 is 5.82 Å². The molecule has 0 bridgehead atoms. The van der Waals surface area contributed by atoms with E-state index in [0.29, 0.717) is 0 Å². The fourth-order valence-electron chi connectivity index (χ4n) is 3.19. The Morgan fingerprint density at radius 2 is 2.17 bits per heavy atom. The van der Waals surface area contributed by atoms with Crippen molar-refractivity contribution in [1.29, 1.82) is 0 Å². The van der Waals surface area contributed by atoms with Crippen molar-refractivity contribution in [2.24, 2.45) is 11.1 Å². The highest BCUT2D eigenvalue weighted by molar-refractivity contribution is 5.38. The molecule has 0 aromatic carbocycles. The van der Waals surface area contributed by atoms with Gasteiger partial charge in [-0.15, -0.1) is 0 Å². The molecule has 1 spiro atoms. The Morgan fingerprint density at radius 3 is 2.72 bits per heavy atom. The van der Waals surface area contributed by atoms with Crippen LogP contribution < -0.4 is 10.6 Å². The highest BCUT2D eigenvalue weighted by Gasteiger charge is 2.47. The number of nitrogens with two attached hydrogens (primary N) is 1. The lowest BCUT2D eigenvalue weighted by atomic mass is 9.73. The van der Waals surface area contributed by atoms with Crippen LogP contribution in [0.1, 0.15) is 19.8 Å². The zero-order valence-electron chi connectivity index (χ0n) is 10.9. The molecule has 3 rings (SSSR count). The minimum absolute atomic E-state index is 0.184. The number of anilines is 1. The van der Waals surface area contributed by atoms with Gasteiger partial charge in [-0.25, -0.2) is 4.98 Å². The summed E-state index contributed by atoms with van der Waals surface area (Å²) in [5.74, 6) is 1.08. The summed E-state index contributed by atoms with van der Waals surface area (Å²) >= 11 is 0. The van der Waals surface area contributed by atoms with Gasteiger partial charge in [0, 0.05) is 30.7 Å². The SMILES string of the molecule is C[C@@H]1OCC2(CCN(c3ccccn3)CC2)[C@@H]1N. The van der Waals surface area contributed by atoms with E-state index in [9.17, 15) is 0 Å². The largest absolute Gasteiger partial charge is 0.376 e. The molecule has 0 radical (unpaired) electrons. The molecular weight excluding hydrogens is 226 g/mol. The van der Waals surface area contributed by atoms with Gasteiger partial charge in [0.05, 0.1) is 12.7 Å². The first-order valence-corrected chi connectivity index (χ1v) is 6.74. The summed E-state index contributed by atoms with van der Waals surface area (Å²) in [5, 5.41) is 0. The van der Waals surface area contributed by atoms with Gasteiger partial charge in [-0.3, -0.25) is 0 Å². The predicted octanol–water partition coefficient (Wildman–Crippen LogP) is 1.41. The second-order valence-corrected chi connectivity index (χ2v) is 5.58. The van der Waals surface area contributed by atoms with Crippen molar-refractivity contribution in [3.8, 4) is 0 Å². The molecule has 0 aliphatic carbocycles. The molecule has 98 valence electrons. The van der Waals surface area contributed by atoms with Crippen molar-refractivity contribution in [1.82, 2.24) is 4.98 Å². The molecule has 4 nitrogen and oxygen atoms in total. The van der Waals surface area contributed by atoms with Gasteiger partial charge in [0.15, 0.2) is 0 Å².